The first kappa shape index (κ1) is 39.5. The van der Waals surface area contributed by atoms with E-state index in [9.17, 15) is 14.4 Å². The van der Waals surface area contributed by atoms with Crippen LogP contribution in [0.5, 0.6) is 0 Å². The van der Waals surface area contributed by atoms with E-state index in [1.54, 1.807) is 24.4 Å². The summed E-state index contributed by atoms with van der Waals surface area (Å²) in [5.41, 5.74) is 1.88. The van der Waals surface area contributed by atoms with E-state index in [0.717, 1.165) is 11.1 Å². The second-order valence-corrected chi connectivity index (χ2v) is 15.0. The van der Waals surface area contributed by atoms with Crippen LogP contribution in [0.4, 0.5) is 0 Å². The molecule has 2 N–H and O–H groups in total. The van der Waals surface area contributed by atoms with Gasteiger partial charge in [0.05, 0.1) is 13.2 Å². The smallest absolute Gasteiger partial charge is 0.373 e. The number of amides is 2. The average molecular weight is 681 g/mol. The van der Waals surface area contributed by atoms with Crippen molar-refractivity contribution in [1.29, 1.82) is 0 Å². The number of allylic oxidation sites excluding steroid dienone is 5. The molecule has 0 saturated carbocycles. The third kappa shape index (κ3) is 16.6. The lowest BCUT2D eigenvalue weighted by Crippen LogP contribution is -2.46. The number of benzene rings is 1. The number of nitrogens with one attached hydrogen (secondary N) is 2. The Morgan fingerprint density at radius 3 is 2.47 bits per heavy atom. The molecule has 2 rings (SSSR count). The van der Waals surface area contributed by atoms with Gasteiger partial charge in [-0.25, -0.2) is 4.79 Å². The van der Waals surface area contributed by atoms with Crippen molar-refractivity contribution in [2.24, 2.45) is 5.92 Å². The molecule has 47 heavy (non-hydrogen) atoms. The minimum atomic E-state index is -0.784. The summed E-state index contributed by atoms with van der Waals surface area (Å²) >= 11 is 6.04. The predicted molar refractivity (Wildman–Crippen MR) is 189 cm³/mol. The number of hydrogen-bond acceptors (Lipinski definition) is 6. The molecule has 1 aliphatic heterocycles. The Labute approximate surface area is 288 Å². The number of rotatable bonds is 17. The highest BCUT2D eigenvalue weighted by Gasteiger charge is 2.27. The van der Waals surface area contributed by atoms with Crippen molar-refractivity contribution in [3.63, 3.8) is 0 Å². The summed E-state index contributed by atoms with van der Waals surface area (Å²) in [6.45, 7) is 12.1. The van der Waals surface area contributed by atoms with E-state index in [2.05, 4.69) is 31.4 Å². The van der Waals surface area contributed by atoms with Crippen molar-refractivity contribution in [3.8, 4) is 0 Å². The maximum absolute atomic E-state index is 13.2. The number of methoxy groups -OCH3 is 1. The van der Waals surface area contributed by atoms with Crippen LogP contribution in [0.25, 0.3) is 0 Å². The Morgan fingerprint density at radius 1 is 1.13 bits per heavy atom. The monoisotopic (exact) mass is 680 g/mol. The molecule has 0 saturated heterocycles. The number of cyclic esters (lactones) is 1. The Bertz CT molecular complexity index is 1360. The molecular weight excluding hydrogens is 632 g/mol. The van der Waals surface area contributed by atoms with Crippen molar-refractivity contribution in [2.45, 2.75) is 90.5 Å². The van der Waals surface area contributed by atoms with E-state index in [4.69, 9.17) is 25.5 Å². The van der Waals surface area contributed by atoms with Gasteiger partial charge >= 0.3 is 5.97 Å². The van der Waals surface area contributed by atoms with Crippen LogP contribution in [0.3, 0.4) is 0 Å². The maximum Gasteiger partial charge on any atom is 0.373 e. The van der Waals surface area contributed by atoms with Crippen LogP contribution >= 0.6 is 11.6 Å². The molecule has 2 amide bonds. The number of esters is 1. The van der Waals surface area contributed by atoms with E-state index in [0.29, 0.717) is 40.5 Å². The predicted octanol–water partition coefficient (Wildman–Crippen LogP) is 7.03. The second-order valence-electron chi connectivity index (χ2n) is 12.5. The van der Waals surface area contributed by atoms with Crippen LogP contribution in [0.15, 0.2) is 102 Å². The zero-order chi connectivity index (χ0) is 34.8. The summed E-state index contributed by atoms with van der Waals surface area (Å²) in [5.74, 6) is -0.945. The van der Waals surface area contributed by atoms with Gasteiger partial charge in [-0.1, -0.05) is 112 Å². The molecule has 10 heteroatoms. The van der Waals surface area contributed by atoms with Crippen molar-refractivity contribution < 1.29 is 28.3 Å². The molecule has 1 aliphatic rings. The Balaban J connectivity index is 1.99. The second kappa shape index (κ2) is 20.5. The van der Waals surface area contributed by atoms with Crippen molar-refractivity contribution in [2.75, 3.05) is 7.11 Å². The largest absolute Gasteiger partial charge is 0.490 e. The fourth-order valence-corrected chi connectivity index (χ4v) is 5.26. The average Bonchev–Trinajstić information content (AvgIpc) is 3.01. The molecule has 0 fully saturated rings. The van der Waals surface area contributed by atoms with Crippen LogP contribution in [0, 0.1) is 5.92 Å². The molecule has 254 valence electrons. The highest BCUT2D eigenvalue weighted by Crippen LogP contribution is 2.23. The van der Waals surface area contributed by atoms with Crippen molar-refractivity contribution in [1.82, 2.24) is 10.6 Å². The van der Waals surface area contributed by atoms with Crippen LogP contribution < -0.4 is 10.6 Å². The topological polar surface area (TPSA) is 103 Å². The van der Waals surface area contributed by atoms with E-state index in [1.165, 1.54) is 13.2 Å². The van der Waals surface area contributed by atoms with Gasteiger partial charge in [0, 0.05) is 29.9 Å². The standard InChI is InChI=1S/C37H49ClN2O6Si/c1-26(24-27(2)32-21-22-33(44-7)36(43)45-32)14-11-12-18-34(41)40-31(25-29-15-9-8-10-16-29)35(42)39-23-13-17-30(20-19-28(3)38)46-47-37(4,5)6/h8-16,18-19,22-24,27,30-32H,17,20-21,25H2,1-7H3,(H,39,42)(H,40,41)/b14-11-,18-12-,23-13-,26-24+,28-19+/t27-,30+,31-,32?/m0/s1. The van der Waals surface area contributed by atoms with Gasteiger partial charge < -0.3 is 24.5 Å². The molecule has 0 bridgehead atoms. The highest BCUT2D eigenvalue weighted by atomic mass is 35.5. The number of hydrogen-bond donors (Lipinski definition) is 2. The van der Waals surface area contributed by atoms with Crippen molar-refractivity contribution in [3.05, 3.63) is 107 Å². The van der Waals surface area contributed by atoms with E-state index >= 15 is 0 Å². The zero-order valence-corrected chi connectivity index (χ0v) is 30.3. The Kier molecular flexibility index (Phi) is 17.3. The number of halogens is 1. The van der Waals surface area contributed by atoms with Gasteiger partial charge in [-0.3, -0.25) is 9.59 Å². The van der Waals surface area contributed by atoms with Crippen molar-refractivity contribution >= 4 is 39.1 Å². The molecule has 1 aromatic rings. The fraction of sp³-hybridized carbons (Fsp3) is 0.432. The van der Waals surface area contributed by atoms with Gasteiger partial charge in [-0.15, -0.1) is 0 Å². The van der Waals surface area contributed by atoms with E-state index in [-0.39, 0.29) is 40.7 Å². The first-order valence-corrected chi connectivity index (χ1v) is 17.1. The summed E-state index contributed by atoms with van der Waals surface area (Å²) in [6, 6.07) is 8.75. The Morgan fingerprint density at radius 2 is 1.83 bits per heavy atom. The highest BCUT2D eigenvalue weighted by molar-refractivity contribution is 6.31. The van der Waals surface area contributed by atoms with Crippen LogP contribution in [0.2, 0.25) is 5.04 Å². The van der Waals surface area contributed by atoms with Crippen LogP contribution in [-0.2, 0) is 34.7 Å². The summed E-state index contributed by atoms with van der Waals surface area (Å²) in [7, 11) is 1.77. The molecular formula is C37H49ClN2O6Si. The molecule has 1 unspecified atom stereocenters. The van der Waals surface area contributed by atoms with Gasteiger partial charge in [0.15, 0.2) is 5.76 Å². The fourth-order valence-electron chi connectivity index (χ4n) is 4.45. The SMILES string of the molecule is COC1=CCC([C@@H](C)/C=C(C)/C=C\C=C/C(=O)N[C@@H](Cc2ccccc2)C(=O)N/C=C\C[C@H](C/C=C(\C)Cl)O[Si]C(C)(C)C)OC1=O. The van der Waals surface area contributed by atoms with Crippen LogP contribution in [-0.4, -0.2) is 52.9 Å². The third-order valence-corrected chi connectivity index (χ3v) is 8.11. The zero-order valence-electron chi connectivity index (χ0n) is 28.5. The number of ether oxygens (including phenoxy) is 2. The summed E-state index contributed by atoms with van der Waals surface area (Å²) < 4.78 is 16.6. The minimum Gasteiger partial charge on any atom is -0.490 e. The molecule has 1 aromatic carbocycles. The Hall–Kier alpha value is -3.66. The quantitative estimate of drug-likeness (QED) is 0.0793. The molecule has 8 nitrogen and oxygen atoms in total. The third-order valence-electron chi connectivity index (χ3n) is 6.90. The molecule has 0 aliphatic carbocycles. The minimum absolute atomic E-state index is 0.00853. The number of carbonyl (C=O) groups excluding carboxylic acids is 3. The molecule has 4 atom stereocenters. The molecule has 0 aromatic heterocycles. The van der Waals surface area contributed by atoms with Gasteiger partial charge in [0.1, 0.15) is 12.1 Å². The van der Waals surface area contributed by atoms with Gasteiger partial charge in [-0.05, 0) is 49.6 Å². The van der Waals surface area contributed by atoms with Gasteiger partial charge in [0.25, 0.3) is 0 Å². The van der Waals surface area contributed by atoms with Gasteiger partial charge in [0.2, 0.25) is 21.6 Å². The number of carbonyl (C=O) groups is 3. The summed E-state index contributed by atoms with van der Waals surface area (Å²) in [6.07, 6.45) is 17.6. The first-order chi connectivity index (χ1) is 22.3. The van der Waals surface area contributed by atoms with Crippen LogP contribution in [0.1, 0.15) is 66.4 Å². The van der Waals surface area contributed by atoms with E-state index < -0.39 is 12.0 Å². The summed E-state index contributed by atoms with van der Waals surface area (Å²) in [4.78, 5) is 38.0. The van der Waals surface area contributed by atoms with E-state index in [1.807, 2.05) is 75.4 Å². The lowest BCUT2D eigenvalue weighted by atomic mass is 9.97. The molecule has 0 spiro atoms. The lowest BCUT2D eigenvalue weighted by molar-refractivity contribution is -0.151. The summed E-state index contributed by atoms with van der Waals surface area (Å²) in [5, 5.41) is 6.41. The molecule has 1 heterocycles. The normalized spacial score (nSPS) is 18.2. The lowest BCUT2D eigenvalue weighted by Gasteiger charge is -2.25. The van der Waals surface area contributed by atoms with Gasteiger partial charge in [-0.2, -0.15) is 0 Å². The molecule has 2 radical (unpaired) electrons. The first-order valence-electron chi connectivity index (χ1n) is 15.8. The maximum atomic E-state index is 13.2.